The van der Waals surface area contributed by atoms with Crippen LogP contribution >= 0.6 is 0 Å². The molecule has 1 aliphatic heterocycles. The van der Waals surface area contributed by atoms with Gasteiger partial charge in [0.25, 0.3) is 0 Å². The third kappa shape index (κ3) is 4.43. The van der Waals surface area contributed by atoms with Crippen molar-refractivity contribution in [1.29, 1.82) is 0 Å². The van der Waals surface area contributed by atoms with Crippen LogP contribution in [0.5, 0.6) is 0 Å². The molecule has 0 spiro atoms. The van der Waals surface area contributed by atoms with Crippen LogP contribution in [-0.4, -0.2) is 44.7 Å². The molecule has 112 valence electrons. The first-order chi connectivity index (χ1) is 8.99. The Morgan fingerprint density at radius 3 is 2.68 bits per heavy atom. The Morgan fingerprint density at radius 1 is 1.21 bits per heavy atom. The van der Waals surface area contributed by atoms with Crippen LogP contribution in [0.25, 0.3) is 0 Å². The van der Waals surface area contributed by atoms with E-state index < -0.39 is 10.0 Å². The predicted molar refractivity (Wildman–Crippen MR) is 78.6 cm³/mol. The maximum Gasteiger partial charge on any atom is 0.211 e. The van der Waals surface area contributed by atoms with Crippen LogP contribution < -0.4 is 5.32 Å². The van der Waals surface area contributed by atoms with E-state index in [1.165, 1.54) is 38.4 Å². The van der Waals surface area contributed by atoms with Gasteiger partial charge < -0.3 is 5.32 Å². The predicted octanol–water partition coefficient (Wildman–Crippen LogP) is 1.83. The molecule has 3 atom stereocenters. The Balaban J connectivity index is 1.80. The van der Waals surface area contributed by atoms with Gasteiger partial charge in [0.2, 0.25) is 10.0 Å². The molecule has 0 radical (unpaired) electrons. The highest BCUT2D eigenvalue weighted by Crippen LogP contribution is 2.34. The van der Waals surface area contributed by atoms with Crippen molar-refractivity contribution >= 4 is 10.0 Å². The summed E-state index contributed by atoms with van der Waals surface area (Å²) in [6.07, 6.45) is 8.67. The Labute approximate surface area is 118 Å². The van der Waals surface area contributed by atoms with Gasteiger partial charge in [-0.25, -0.2) is 12.7 Å². The normalized spacial score (nSPS) is 33.7. The minimum Gasteiger partial charge on any atom is -0.314 e. The molecule has 3 unspecified atom stereocenters. The van der Waals surface area contributed by atoms with E-state index in [1.807, 2.05) is 0 Å². The van der Waals surface area contributed by atoms with E-state index >= 15 is 0 Å². The number of sulfonamides is 1. The van der Waals surface area contributed by atoms with Gasteiger partial charge in [-0.2, -0.15) is 0 Å². The summed E-state index contributed by atoms with van der Waals surface area (Å²) in [5.74, 6) is 1.38. The van der Waals surface area contributed by atoms with E-state index in [9.17, 15) is 8.42 Å². The van der Waals surface area contributed by atoms with E-state index in [-0.39, 0.29) is 0 Å². The molecule has 5 heteroatoms. The molecule has 19 heavy (non-hydrogen) atoms. The number of hydrogen-bond acceptors (Lipinski definition) is 3. The molecule has 1 N–H and O–H groups in total. The zero-order valence-electron chi connectivity index (χ0n) is 12.3. The Hall–Kier alpha value is -0.130. The highest BCUT2D eigenvalue weighted by Gasteiger charge is 2.30. The van der Waals surface area contributed by atoms with Crippen molar-refractivity contribution in [2.45, 2.75) is 51.5 Å². The Morgan fingerprint density at radius 2 is 2.00 bits per heavy atom. The van der Waals surface area contributed by atoms with Gasteiger partial charge in [-0.3, -0.25) is 0 Å². The molecule has 0 aromatic rings. The van der Waals surface area contributed by atoms with E-state index in [0.717, 1.165) is 32.0 Å². The lowest BCUT2D eigenvalue weighted by Gasteiger charge is -2.32. The first-order valence-electron chi connectivity index (χ1n) is 7.67. The summed E-state index contributed by atoms with van der Waals surface area (Å²) in [5, 5.41) is 3.54. The van der Waals surface area contributed by atoms with Crippen molar-refractivity contribution in [3.8, 4) is 0 Å². The number of rotatable bonds is 5. The highest BCUT2D eigenvalue weighted by atomic mass is 32.2. The minimum absolute atomic E-state index is 0.578. The molecule has 2 aliphatic rings. The quantitative estimate of drug-likeness (QED) is 0.839. The molecule has 1 saturated carbocycles. The SMILES string of the molecule is CCNC1CCC(CC2CCCN(S(C)(=O)=O)C2)C1. The Bertz CT molecular complexity index is 383. The molecule has 4 nitrogen and oxygen atoms in total. The number of nitrogens with zero attached hydrogens (tertiary/aromatic N) is 1. The molecule has 0 aromatic heterocycles. The first kappa shape index (κ1) is 15.3. The van der Waals surface area contributed by atoms with Crippen molar-refractivity contribution < 1.29 is 8.42 Å². The summed E-state index contributed by atoms with van der Waals surface area (Å²) in [4.78, 5) is 0. The molecular formula is C14H28N2O2S. The van der Waals surface area contributed by atoms with Crippen LogP contribution in [0, 0.1) is 11.8 Å². The van der Waals surface area contributed by atoms with Gasteiger partial charge in [-0.1, -0.05) is 6.92 Å². The summed E-state index contributed by atoms with van der Waals surface area (Å²) in [6, 6.07) is 0.699. The monoisotopic (exact) mass is 288 g/mol. The standard InChI is InChI=1S/C14H28N2O2S/c1-3-15-14-7-6-12(10-14)9-13-5-4-8-16(11-13)19(2,17)18/h12-15H,3-11H2,1-2H3. The van der Waals surface area contributed by atoms with E-state index in [2.05, 4.69) is 12.2 Å². The second kappa shape index (κ2) is 6.55. The average Bonchev–Trinajstić information content (AvgIpc) is 2.76. The molecule has 1 saturated heterocycles. The van der Waals surface area contributed by atoms with Gasteiger partial charge in [0, 0.05) is 19.1 Å². The highest BCUT2D eigenvalue weighted by molar-refractivity contribution is 7.88. The van der Waals surface area contributed by atoms with E-state index in [1.54, 1.807) is 4.31 Å². The number of piperidine rings is 1. The van der Waals surface area contributed by atoms with Gasteiger partial charge in [-0.15, -0.1) is 0 Å². The van der Waals surface area contributed by atoms with Crippen LogP contribution in [0.15, 0.2) is 0 Å². The second-order valence-electron chi connectivity index (χ2n) is 6.30. The van der Waals surface area contributed by atoms with Gasteiger partial charge in [-0.05, 0) is 56.9 Å². The molecule has 2 rings (SSSR count). The largest absolute Gasteiger partial charge is 0.314 e. The fraction of sp³-hybridized carbons (Fsp3) is 1.00. The zero-order chi connectivity index (χ0) is 13.9. The molecule has 0 bridgehead atoms. The summed E-state index contributed by atoms with van der Waals surface area (Å²) in [5.41, 5.74) is 0. The third-order valence-electron chi connectivity index (χ3n) is 4.65. The lowest BCUT2D eigenvalue weighted by atomic mass is 9.88. The molecule has 1 aliphatic carbocycles. The van der Waals surface area contributed by atoms with Gasteiger partial charge in [0.1, 0.15) is 0 Å². The van der Waals surface area contributed by atoms with E-state index in [4.69, 9.17) is 0 Å². The summed E-state index contributed by atoms with van der Waals surface area (Å²) in [6.45, 7) is 4.70. The molecule has 0 aromatic carbocycles. The van der Waals surface area contributed by atoms with Crippen LogP contribution in [-0.2, 0) is 10.0 Å². The number of hydrogen-bond donors (Lipinski definition) is 1. The third-order valence-corrected chi connectivity index (χ3v) is 5.92. The lowest BCUT2D eigenvalue weighted by Crippen LogP contribution is -2.39. The average molecular weight is 288 g/mol. The van der Waals surface area contributed by atoms with Crippen LogP contribution in [0.1, 0.15) is 45.4 Å². The van der Waals surface area contributed by atoms with Crippen molar-refractivity contribution in [3.05, 3.63) is 0 Å². The molecule has 0 amide bonds. The zero-order valence-corrected chi connectivity index (χ0v) is 13.1. The van der Waals surface area contributed by atoms with Crippen molar-refractivity contribution in [2.24, 2.45) is 11.8 Å². The van der Waals surface area contributed by atoms with Crippen LogP contribution in [0.2, 0.25) is 0 Å². The van der Waals surface area contributed by atoms with Crippen LogP contribution in [0.4, 0.5) is 0 Å². The summed E-state index contributed by atoms with van der Waals surface area (Å²) in [7, 11) is -2.99. The van der Waals surface area contributed by atoms with Gasteiger partial charge >= 0.3 is 0 Å². The smallest absolute Gasteiger partial charge is 0.211 e. The maximum absolute atomic E-state index is 11.6. The van der Waals surface area contributed by atoms with Crippen LogP contribution in [0.3, 0.4) is 0 Å². The topological polar surface area (TPSA) is 49.4 Å². The summed E-state index contributed by atoms with van der Waals surface area (Å²) < 4.78 is 24.9. The number of nitrogens with one attached hydrogen (secondary N) is 1. The van der Waals surface area contributed by atoms with E-state index in [0.29, 0.717) is 12.0 Å². The van der Waals surface area contributed by atoms with Crippen molar-refractivity contribution in [2.75, 3.05) is 25.9 Å². The fourth-order valence-corrected chi connectivity index (χ4v) is 4.70. The second-order valence-corrected chi connectivity index (χ2v) is 8.28. The van der Waals surface area contributed by atoms with Gasteiger partial charge in [0.15, 0.2) is 0 Å². The fourth-order valence-electron chi connectivity index (χ4n) is 3.75. The maximum atomic E-state index is 11.6. The van der Waals surface area contributed by atoms with Crippen molar-refractivity contribution in [3.63, 3.8) is 0 Å². The van der Waals surface area contributed by atoms with Crippen molar-refractivity contribution in [1.82, 2.24) is 9.62 Å². The van der Waals surface area contributed by atoms with Gasteiger partial charge in [0.05, 0.1) is 6.26 Å². The molecular weight excluding hydrogens is 260 g/mol. The minimum atomic E-state index is -2.99. The lowest BCUT2D eigenvalue weighted by molar-refractivity contribution is 0.230. The molecule has 1 heterocycles. The Kier molecular flexibility index (Phi) is 5.26. The summed E-state index contributed by atoms with van der Waals surface area (Å²) >= 11 is 0. The first-order valence-corrected chi connectivity index (χ1v) is 9.52. The molecule has 2 fully saturated rings.